The zero-order valence-electron chi connectivity index (χ0n) is 19.1. The third-order valence-corrected chi connectivity index (χ3v) is 6.36. The Hall–Kier alpha value is -3.33. The maximum Gasteiger partial charge on any atom is 0.238 e. The van der Waals surface area contributed by atoms with E-state index in [1.165, 1.54) is 4.90 Å². The summed E-state index contributed by atoms with van der Waals surface area (Å²) >= 11 is 0. The topological polar surface area (TPSA) is 73.0 Å². The van der Waals surface area contributed by atoms with Crippen molar-refractivity contribution >= 4 is 29.1 Å². The number of rotatable bonds is 6. The van der Waals surface area contributed by atoms with Gasteiger partial charge in [0, 0.05) is 56.6 Å². The molecule has 2 aromatic rings. The summed E-state index contributed by atoms with van der Waals surface area (Å²) in [4.78, 5) is 42.9. The molecule has 34 heavy (non-hydrogen) atoms. The third-order valence-electron chi connectivity index (χ3n) is 6.36. The highest BCUT2D eigenvalue weighted by atomic mass is 19.1. The van der Waals surface area contributed by atoms with Crippen LogP contribution in [0.15, 0.2) is 42.5 Å². The van der Waals surface area contributed by atoms with E-state index in [-0.39, 0.29) is 42.9 Å². The van der Waals surface area contributed by atoms with Gasteiger partial charge >= 0.3 is 0 Å². The van der Waals surface area contributed by atoms with E-state index in [1.54, 1.807) is 4.90 Å². The number of hydrogen-bond acceptors (Lipinski definition) is 4. The van der Waals surface area contributed by atoms with Crippen molar-refractivity contribution in [2.75, 3.05) is 49.5 Å². The van der Waals surface area contributed by atoms with Crippen molar-refractivity contribution in [2.24, 2.45) is 5.92 Å². The van der Waals surface area contributed by atoms with E-state index in [0.29, 0.717) is 26.2 Å². The van der Waals surface area contributed by atoms with Crippen LogP contribution in [0.25, 0.3) is 0 Å². The lowest BCUT2D eigenvalue weighted by atomic mass is 10.1. The van der Waals surface area contributed by atoms with E-state index >= 15 is 0 Å². The van der Waals surface area contributed by atoms with E-state index in [9.17, 15) is 23.2 Å². The summed E-state index contributed by atoms with van der Waals surface area (Å²) in [7, 11) is 0. The van der Waals surface area contributed by atoms with Crippen LogP contribution in [-0.2, 0) is 20.8 Å². The minimum Gasteiger partial charge on any atom is -0.340 e. The highest BCUT2D eigenvalue weighted by Crippen LogP contribution is 2.28. The fraction of sp³-hybridized carbons (Fsp3) is 0.400. The molecule has 7 nitrogen and oxygen atoms in total. The molecule has 2 aliphatic heterocycles. The molecule has 0 spiro atoms. The van der Waals surface area contributed by atoms with Gasteiger partial charge in [0.1, 0.15) is 11.6 Å². The monoisotopic (exact) mass is 470 g/mol. The van der Waals surface area contributed by atoms with Gasteiger partial charge in [0.15, 0.2) is 0 Å². The van der Waals surface area contributed by atoms with Crippen LogP contribution in [0.2, 0.25) is 0 Å². The van der Waals surface area contributed by atoms with Crippen molar-refractivity contribution in [1.82, 2.24) is 9.80 Å². The van der Waals surface area contributed by atoms with Gasteiger partial charge in [-0.25, -0.2) is 8.78 Å². The Bertz CT molecular complexity index is 1070. The maximum absolute atomic E-state index is 13.6. The first-order chi connectivity index (χ1) is 16.3. The van der Waals surface area contributed by atoms with Crippen LogP contribution < -0.4 is 10.2 Å². The summed E-state index contributed by atoms with van der Waals surface area (Å²) in [6.45, 7) is 4.38. The lowest BCUT2D eigenvalue weighted by molar-refractivity contribution is -0.137. The van der Waals surface area contributed by atoms with Crippen molar-refractivity contribution in [3.05, 3.63) is 59.7 Å². The fourth-order valence-corrected chi connectivity index (χ4v) is 4.55. The molecule has 1 atom stereocenters. The lowest BCUT2D eigenvalue weighted by Gasteiger charge is -2.35. The smallest absolute Gasteiger partial charge is 0.238 e. The molecule has 3 amide bonds. The Morgan fingerprint density at radius 1 is 1.03 bits per heavy atom. The molecular formula is C25H28F2N4O3. The minimum atomic E-state index is -0.768. The van der Waals surface area contributed by atoms with E-state index in [0.717, 1.165) is 35.9 Å². The molecule has 0 aliphatic carbocycles. The van der Waals surface area contributed by atoms with Crippen LogP contribution in [0, 0.1) is 17.6 Å². The first kappa shape index (κ1) is 23.8. The van der Waals surface area contributed by atoms with Gasteiger partial charge < -0.3 is 15.1 Å². The molecule has 2 heterocycles. The van der Waals surface area contributed by atoms with Gasteiger partial charge in [-0.05, 0) is 30.2 Å². The minimum absolute atomic E-state index is 0.0103. The number of carbonyl (C=O) groups is 3. The maximum atomic E-state index is 13.6. The van der Waals surface area contributed by atoms with E-state index < -0.39 is 17.6 Å². The van der Waals surface area contributed by atoms with E-state index in [2.05, 4.69) is 5.32 Å². The van der Waals surface area contributed by atoms with Gasteiger partial charge in [-0.2, -0.15) is 0 Å². The average Bonchev–Trinajstić information content (AvgIpc) is 3.20. The molecule has 9 heteroatoms. The molecule has 4 rings (SSSR count). The number of nitrogens with zero attached hydrogens (tertiary/aromatic N) is 3. The number of amides is 3. The largest absolute Gasteiger partial charge is 0.340 e. The molecular weight excluding hydrogens is 442 g/mol. The Kier molecular flexibility index (Phi) is 7.21. The average molecular weight is 471 g/mol. The van der Waals surface area contributed by atoms with Crippen molar-refractivity contribution in [3.8, 4) is 0 Å². The molecule has 0 saturated carbocycles. The molecule has 2 aliphatic rings. The number of anilines is 2. The second kappa shape index (κ2) is 10.3. The second-order valence-corrected chi connectivity index (χ2v) is 8.69. The van der Waals surface area contributed by atoms with Crippen LogP contribution in [0.5, 0.6) is 0 Å². The summed E-state index contributed by atoms with van der Waals surface area (Å²) in [6, 6.07) is 10.6. The SMILES string of the molecule is CCc1ccccc1NC(=O)CN1CCN(C(=O)C2CC(=O)N(c3cc(F)cc(F)c3)C2)CC1. The van der Waals surface area contributed by atoms with Gasteiger partial charge in [0.25, 0.3) is 0 Å². The quantitative estimate of drug-likeness (QED) is 0.705. The van der Waals surface area contributed by atoms with Gasteiger partial charge in [-0.1, -0.05) is 25.1 Å². The first-order valence-corrected chi connectivity index (χ1v) is 11.5. The number of benzene rings is 2. The predicted molar refractivity (Wildman–Crippen MR) is 124 cm³/mol. The normalized spacial score (nSPS) is 18.9. The molecule has 1 N–H and O–H groups in total. The van der Waals surface area contributed by atoms with Crippen LogP contribution in [0.4, 0.5) is 20.2 Å². The first-order valence-electron chi connectivity index (χ1n) is 11.5. The van der Waals surface area contributed by atoms with Crippen LogP contribution >= 0.6 is 0 Å². The summed E-state index contributed by atoms with van der Waals surface area (Å²) in [5.41, 5.74) is 2.02. The molecule has 2 saturated heterocycles. The molecule has 1 unspecified atom stereocenters. The van der Waals surface area contributed by atoms with Crippen LogP contribution in [-0.4, -0.2) is 66.8 Å². The zero-order valence-corrected chi connectivity index (χ0v) is 19.1. The molecule has 0 radical (unpaired) electrons. The molecule has 180 valence electrons. The highest BCUT2D eigenvalue weighted by Gasteiger charge is 2.38. The van der Waals surface area contributed by atoms with Gasteiger partial charge in [0.05, 0.1) is 12.5 Å². The third kappa shape index (κ3) is 5.41. The highest BCUT2D eigenvalue weighted by molar-refractivity contribution is 6.00. The number of piperazine rings is 1. The number of aryl methyl sites for hydroxylation is 1. The van der Waals surface area contributed by atoms with Crippen LogP contribution in [0.3, 0.4) is 0 Å². The molecule has 0 aromatic heterocycles. The fourth-order valence-electron chi connectivity index (χ4n) is 4.55. The van der Waals surface area contributed by atoms with Gasteiger partial charge in [0.2, 0.25) is 17.7 Å². The standard InChI is InChI=1S/C25H28F2N4O3/c1-2-17-5-3-4-6-22(17)28-23(32)16-29-7-9-30(10-8-29)25(34)18-11-24(33)31(15-18)21-13-19(26)12-20(27)14-21/h3-6,12-14,18H,2,7-11,15-16H2,1H3,(H,28,32). The van der Waals surface area contributed by atoms with Crippen LogP contribution in [0.1, 0.15) is 18.9 Å². The molecule has 0 bridgehead atoms. The zero-order chi connectivity index (χ0) is 24.2. The Morgan fingerprint density at radius 2 is 1.71 bits per heavy atom. The second-order valence-electron chi connectivity index (χ2n) is 8.69. The Labute approximate surface area is 197 Å². The number of carbonyl (C=O) groups excluding carboxylic acids is 3. The summed E-state index contributed by atoms with van der Waals surface area (Å²) in [5.74, 6) is -2.66. The van der Waals surface area contributed by atoms with Crippen molar-refractivity contribution in [2.45, 2.75) is 19.8 Å². The van der Waals surface area contributed by atoms with Gasteiger partial charge in [-0.15, -0.1) is 0 Å². The Balaban J connectivity index is 1.28. The van der Waals surface area contributed by atoms with Crippen molar-refractivity contribution < 1.29 is 23.2 Å². The summed E-state index contributed by atoms with van der Waals surface area (Å²) in [5, 5.41) is 2.96. The summed E-state index contributed by atoms with van der Waals surface area (Å²) in [6.07, 6.45) is 0.836. The number of nitrogens with one attached hydrogen (secondary N) is 1. The van der Waals surface area contributed by atoms with E-state index in [4.69, 9.17) is 0 Å². The van der Waals surface area contributed by atoms with E-state index in [1.807, 2.05) is 36.1 Å². The number of hydrogen-bond donors (Lipinski definition) is 1. The van der Waals surface area contributed by atoms with Crippen molar-refractivity contribution in [3.63, 3.8) is 0 Å². The lowest BCUT2D eigenvalue weighted by Crippen LogP contribution is -2.52. The number of halogens is 2. The Morgan fingerprint density at radius 3 is 2.38 bits per heavy atom. The van der Waals surface area contributed by atoms with Crippen molar-refractivity contribution in [1.29, 1.82) is 0 Å². The number of para-hydroxylation sites is 1. The molecule has 2 aromatic carbocycles. The summed E-state index contributed by atoms with van der Waals surface area (Å²) < 4.78 is 27.1. The molecule has 2 fully saturated rings. The van der Waals surface area contributed by atoms with Gasteiger partial charge in [-0.3, -0.25) is 19.3 Å². The predicted octanol–water partition coefficient (Wildman–Crippen LogP) is 2.66.